The Kier molecular flexibility index (Phi) is 0.444. The van der Waals surface area contributed by atoms with Crippen LogP contribution >= 0.6 is 0 Å². The lowest BCUT2D eigenvalue weighted by molar-refractivity contribution is -0.129. The molecule has 0 aliphatic carbocycles. The van der Waals surface area contributed by atoms with Crippen LogP contribution in [0.3, 0.4) is 0 Å². The van der Waals surface area contributed by atoms with Crippen LogP contribution in [0.15, 0.2) is 0 Å². The summed E-state index contributed by atoms with van der Waals surface area (Å²) in [6.45, 7) is -5.07. The molecule has 1 heterocycles. The molecule has 0 aromatic heterocycles. The Morgan fingerprint density at radius 2 is 2.88 bits per heavy atom. The lowest BCUT2D eigenvalue weighted by Crippen LogP contribution is -2.24. The third-order valence-electron chi connectivity index (χ3n) is 0.760. The van der Waals surface area contributed by atoms with Gasteiger partial charge in [-0.15, -0.1) is 0 Å². The third-order valence-corrected chi connectivity index (χ3v) is 0.760. The predicted molar refractivity (Wildman–Crippen MR) is 29.6 cm³/mol. The molecule has 0 N–H and O–H groups in total. The molecule has 46 valence electrons. The first-order chi connectivity index (χ1) is 6.36. The maximum Gasteiger partial charge on any atom is 0.140 e. The zero-order valence-electron chi connectivity index (χ0n) is 11.3. The summed E-state index contributed by atoms with van der Waals surface area (Å²) >= 11 is 0. The lowest BCUT2D eigenvalue weighted by Gasteiger charge is -2.15. The van der Waals surface area contributed by atoms with Gasteiger partial charge in [0.1, 0.15) is 5.78 Å². The van der Waals surface area contributed by atoms with Crippen molar-refractivity contribution in [1.29, 1.82) is 0 Å². The van der Waals surface area contributed by atoms with E-state index in [1.54, 1.807) is 0 Å². The van der Waals surface area contributed by atoms with E-state index in [0.717, 1.165) is 6.92 Å². The first kappa shape index (κ1) is 1.57. The first-order valence-corrected chi connectivity index (χ1v) is 2.11. The number of carbonyl (C=O) groups excluding carboxylic acids is 1. The minimum atomic E-state index is -3.08. The van der Waals surface area contributed by atoms with Crippen LogP contribution < -0.4 is 0 Å². The molecule has 0 aromatic carbocycles. The van der Waals surface area contributed by atoms with Crippen molar-refractivity contribution in [2.24, 2.45) is 5.89 Å². The van der Waals surface area contributed by atoms with Gasteiger partial charge in [0.2, 0.25) is 0 Å². The van der Waals surface area contributed by atoms with E-state index in [4.69, 9.17) is 9.60 Å². The quantitative estimate of drug-likeness (QED) is 0.469. The average molecular weight is 121 g/mol. The summed E-state index contributed by atoms with van der Waals surface area (Å²) in [6, 6.07) is 0. The van der Waals surface area contributed by atoms with Crippen LogP contribution in [0.4, 0.5) is 0 Å². The summed E-state index contributed by atoms with van der Waals surface area (Å²) < 4.78 is 54.7. The van der Waals surface area contributed by atoms with Crippen LogP contribution in [0.25, 0.3) is 0 Å². The molecule has 1 aliphatic heterocycles. The Balaban J connectivity index is 3.31. The molecule has 0 bridgehead atoms. The molecule has 1 saturated heterocycles. The molecule has 2 nitrogen and oxygen atoms in total. The number of Topliss-reactive ketones (excluding diaryl/α,β-unsaturated/α-hetero) is 1. The Bertz CT molecular complexity index is 281. The van der Waals surface area contributed by atoms with E-state index in [1.165, 1.54) is 0 Å². The van der Waals surface area contributed by atoms with Gasteiger partial charge in [0.05, 0.1) is 18.6 Å². The summed E-state index contributed by atoms with van der Waals surface area (Å²) in [5.41, 5.74) is 0. The fraction of sp³-hybridized carbons (Fsp3) is 0.833. The minimum Gasteiger partial charge on any atom is -0.380 e. The van der Waals surface area contributed by atoms with Gasteiger partial charge in [-0.3, -0.25) is 4.79 Å². The van der Waals surface area contributed by atoms with Crippen molar-refractivity contribution in [1.82, 2.24) is 0 Å². The normalized spacial score (nSPS) is 71.6. The molecule has 1 aliphatic rings. The van der Waals surface area contributed by atoms with Crippen LogP contribution in [-0.2, 0) is 9.53 Å². The molecular weight excluding hydrogens is 104 g/mol. The summed E-state index contributed by atoms with van der Waals surface area (Å²) in [7, 11) is 0. The molecule has 1 unspecified atom stereocenters. The van der Waals surface area contributed by atoms with Crippen molar-refractivity contribution in [3.63, 3.8) is 0 Å². The topological polar surface area (TPSA) is 26.3 Å². The van der Waals surface area contributed by atoms with E-state index in [-0.39, 0.29) is 0 Å². The highest BCUT2D eigenvalue weighted by molar-refractivity contribution is 5.81. The Hall–Kier alpha value is -0.370. The highest BCUT2D eigenvalue weighted by Gasteiger charge is 2.16. The molecule has 0 amide bonds. The summed E-state index contributed by atoms with van der Waals surface area (Å²) in [6.07, 6.45) is -3.03. The highest BCUT2D eigenvalue weighted by Crippen LogP contribution is 2.07. The van der Waals surface area contributed by atoms with E-state index < -0.39 is 31.2 Å². The van der Waals surface area contributed by atoms with Gasteiger partial charge < -0.3 is 4.74 Å². The molecule has 2 heteroatoms. The number of rotatable bonds is 0. The molecular formula is C6H10O2. The minimum absolute atomic E-state index is 0.863. The Morgan fingerprint density at radius 3 is 3.62 bits per heavy atom. The molecule has 8 heavy (non-hydrogen) atoms. The third kappa shape index (κ3) is 1.07. The van der Waals surface area contributed by atoms with Gasteiger partial charge in [-0.05, 0) is 0 Å². The molecule has 1 fully saturated rings. The van der Waals surface area contributed by atoms with Crippen molar-refractivity contribution in [2.75, 3.05) is 13.1 Å². The largest absolute Gasteiger partial charge is 0.380 e. The van der Waals surface area contributed by atoms with Gasteiger partial charge >= 0.3 is 0 Å². The summed E-state index contributed by atoms with van der Waals surface area (Å²) in [5.74, 6) is -3.93. The maximum absolute atomic E-state index is 11.5. The highest BCUT2D eigenvalue weighted by atomic mass is 16.5. The standard InChI is InChI=1S/C6H10O2/c1-5-4-8-3-2-6(5)7/h5H,2-4H2,1H3/i2D2,3D2,4D2,5D. The molecule has 0 aromatic rings. The number of ether oxygens (including phenoxy) is 1. The zero-order chi connectivity index (χ0) is 12.3. The van der Waals surface area contributed by atoms with E-state index >= 15 is 0 Å². The lowest BCUT2D eigenvalue weighted by atomic mass is 10.0. The molecule has 0 spiro atoms. The van der Waals surface area contributed by atoms with Crippen molar-refractivity contribution in [3.8, 4) is 0 Å². The number of hydrogen-bond donors (Lipinski definition) is 0. The molecule has 1 rings (SSSR count). The summed E-state index contributed by atoms with van der Waals surface area (Å²) in [4.78, 5) is 11.5. The molecule has 0 saturated carbocycles. The number of hydrogen-bond acceptors (Lipinski definition) is 2. The van der Waals surface area contributed by atoms with Crippen molar-refractivity contribution >= 4 is 5.78 Å². The van der Waals surface area contributed by atoms with Gasteiger partial charge in [0.25, 0.3) is 0 Å². The smallest absolute Gasteiger partial charge is 0.140 e. The fourth-order valence-electron chi connectivity index (χ4n) is 0.314. The van der Waals surface area contributed by atoms with Crippen LogP contribution in [0, 0.1) is 5.89 Å². The van der Waals surface area contributed by atoms with Crippen LogP contribution in [0.5, 0.6) is 0 Å². The number of carbonyl (C=O) groups is 1. The Labute approximate surface area is 58.7 Å². The second kappa shape index (κ2) is 2.27. The maximum atomic E-state index is 11.5. The second-order valence-corrected chi connectivity index (χ2v) is 1.39. The number of ketones is 1. The first-order valence-electron chi connectivity index (χ1n) is 5.61. The van der Waals surface area contributed by atoms with Crippen molar-refractivity contribution in [2.45, 2.75) is 13.3 Å². The summed E-state index contributed by atoms with van der Waals surface area (Å²) in [5, 5.41) is 0. The average Bonchev–Trinajstić information content (AvgIpc) is 1.98. The van der Waals surface area contributed by atoms with E-state index in [9.17, 15) is 4.79 Å². The monoisotopic (exact) mass is 121 g/mol. The SMILES string of the molecule is [2H]C1([2H])OC([2H])([2H])C([2H])(C)C(=O)C1([2H])[2H]. The predicted octanol–water partition coefficient (Wildman–Crippen LogP) is 0.612. The van der Waals surface area contributed by atoms with Crippen LogP contribution in [0.2, 0.25) is 0 Å². The van der Waals surface area contributed by atoms with Crippen LogP contribution in [-0.4, -0.2) is 18.9 Å². The zero-order valence-corrected chi connectivity index (χ0v) is 4.32. The van der Waals surface area contributed by atoms with Crippen molar-refractivity contribution < 1.29 is 19.1 Å². The van der Waals surface area contributed by atoms with E-state index in [0.29, 0.717) is 0 Å². The Morgan fingerprint density at radius 1 is 2.12 bits per heavy atom. The van der Waals surface area contributed by atoms with Gasteiger partial charge in [-0.25, -0.2) is 0 Å². The van der Waals surface area contributed by atoms with Gasteiger partial charge in [-0.1, -0.05) is 6.92 Å². The van der Waals surface area contributed by atoms with Crippen molar-refractivity contribution in [3.05, 3.63) is 0 Å². The van der Waals surface area contributed by atoms with Gasteiger partial charge in [0, 0.05) is 16.4 Å². The van der Waals surface area contributed by atoms with E-state index in [2.05, 4.69) is 4.74 Å². The van der Waals surface area contributed by atoms with E-state index in [1.807, 2.05) is 0 Å². The van der Waals surface area contributed by atoms with Gasteiger partial charge in [0.15, 0.2) is 0 Å². The van der Waals surface area contributed by atoms with Gasteiger partial charge in [-0.2, -0.15) is 0 Å². The fourth-order valence-corrected chi connectivity index (χ4v) is 0.314. The van der Waals surface area contributed by atoms with Crippen LogP contribution in [0.1, 0.15) is 22.9 Å². The molecule has 1 atom stereocenters. The molecule has 0 radical (unpaired) electrons. The second-order valence-electron chi connectivity index (χ2n) is 1.39.